The van der Waals surface area contributed by atoms with E-state index in [0.29, 0.717) is 5.56 Å². The Bertz CT molecular complexity index is 738. The average Bonchev–Trinajstić information content (AvgIpc) is 2.48. The van der Waals surface area contributed by atoms with Crippen molar-refractivity contribution in [2.75, 3.05) is 0 Å². The lowest BCUT2D eigenvalue weighted by atomic mass is 10.2. The van der Waals surface area contributed by atoms with E-state index in [2.05, 4.69) is 10.2 Å². The van der Waals surface area contributed by atoms with Crippen molar-refractivity contribution in [3.8, 4) is 0 Å². The second-order valence-electron chi connectivity index (χ2n) is 4.09. The second-order valence-corrected chi connectivity index (χ2v) is 4.09. The first kappa shape index (κ1) is 11.3. The van der Waals surface area contributed by atoms with E-state index in [1.807, 2.05) is 30.3 Å². The van der Waals surface area contributed by atoms with Gasteiger partial charge in [0.15, 0.2) is 0 Å². The zero-order chi connectivity index (χ0) is 13.1. The van der Waals surface area contributed by atoms with Gasteiger partial charge < -0.3 is 5.11 Å². The van der Waals surface area contributed by atoms with Crippen LogP contribution in [0, 0.1) is 0 Å². The molecule has 4 nitrogen and oxygen atoms in total. The predicted molar refractivity (Wildman–Crippen MR) is 70.3 cm³/mol. The van der Waals surface area contributed by atoms with Crippen molar-refractivity contribution >= 4 is 16.7 Å². The van der Waals surface area contributed by atoms with Gasteiger partial charge in [0.05, 0.1) is 16.1 Å². The van der Waals surface area contributed by atoms with Crippen LogP contribution in [-0.2, 0) is 0 Å². The summed E-state index contributed by atoms with van der Waals surface area (Å²) in [5.74, 6) is -0.312. The normalized spacial score (nSPS) is 11.7. The fraction of sp³-hybridized carbons (Fsp3) is 0. The van der Waals surface area contributed by atoms with E-state index in [4.69, 9.17) is 0 Å². The first-order chi connectivity index (χ1) is 9.33. The van der Waals surface area contributed by atoms with Crippen molar-refractivity contribution in [3.05, 3.63) is 72.6 Å². The molecule has 1 aromatic heterocycles. The van der Waals surface area contributed by atoms with E-state index in [0.717, 1.165) is 10.8 Å². The molecule has 3 rings (SSSR count). The lowest BCUT2D eigenvalue weighted by Crippen LogP contribution is -2.36. The van der Waals surface area contributed by atoms with Crippen molar-refractivity contribution in [2.45, 2.75) is 0 Å². The van der Waals surface area contributed by atoms with E-state index < -0.39 is 0 Å². The summed E-state index contributed by atoms with van der Waals surface area (Å²) in [6.45, 7) is 0. The van der Waals surface area contributed by atoms with Gasteiger partial charge in [-0.1, -0.05) is 48.5 Å². The highest BCUT2D eigenvalue weighted by Crippen LogP contribution is 2.08. The molecule has 0 aliphatic carbocycles. The first-order valence-electron chi connectivity index (χ1n) is 5.91. The summed E-state index contributed by atoms with van der Waals surface area (Å²) in [5, 5.41) is 22.0. The molecule has 4 heteroatoms. The summed E-state index contributed by atoms with van der Waals surface area (Å²) in [6, 6.07) is 16.7. The average molecular weight is 249 g/mol. The van der Waals surface area contributed by atoms with Crippen LogP contribution in [0.3, 0.4) is 0 Å². The molecule has 2 aromatic carbocycles. The van der Waals surface area contributed by atoms with Gasteiger partial charge in [-0.2, -0.15) is 0 Å². The largest absolute Gasteiger partial charge is 0.854 e. The van der Waals surface area contributed by atoms with Gasteiger partial charge >= 0.3 is 0 Å². The molecule has 0 atom stereocenters. The second kappa shape index (κ2) is 4.86. The van der Waals surface area contributed by atoms with E-state index >= 15 is 0 Å². The van der Waals surface area contributed by atoms with Crippen LogP contribution in [0.25, 0.3) is 10.8 Å². The predicted octanol–water partition coefficient (Wildman–Crippen LogP) is 1.09. The molecule has 92 valence electrons. The van der Waals surface area contributed by atoms with E-state index in [1.54, 1.807) is 36.7 Å². The Morgan fingerprint density at radius 2 is 1.63 bits per heavy atom. The van der Waals surface area contributed by atoms with E-state index in [1.165, 1.54) is 4.79 Å². The van der Waals surface area contributed by atoms with Gasteiger partial charge in [-0.25, -0.2) is 0 Å². The topological polar surface area (TPSA) is 52.2 Å². The summed E-state index contributed by atoms with van der Waals surface area (Å²) in [6.07, 6.45) is 3.42. The van der Waals surface area contributed by atoms with Crippen LogP contribution in [0.2, 0.25) is 0 Å². The van der Waals surface area contributed by atoms with Gasteiger partial charge in [-0.3, -0.25) is 0 Å². The highest BCUT2D eigenvalue weighted by atomic mass is 16.3. The number of aromatic nitrogens is 2. The van der Waals surface area contributed by atoms with Crippen molar-refractivity contribution in [1.82, 2.24) is 5.10 Å². The molecule has 0 saturated heterocycles. The zero-order valence-corrected chi connectivity index (χ0v) is 10.1. The Labute approximate surface area is 110 Å². The maximum atomic E-state index is 11.9. The minimum Gasteiger partial charge on any atom is -0.854 e. The van der Waals surface area contributed by atoms with E-state index in [-0.39, 0.29) is 5.90 Å². The molecule has 0 fully saturated rings. The number of nitrogens with zero attached hydrogens (tertiary/aromatic N) is 3. The molecule has 0 aliphatic heterocycles. The Morgan fingerprint density at radius 1 is 0.947 bits per heavy atom. The maximum Gasteiger partial charge on any atom is 0.241 e. The molecular weight excluding hydrogens is 238 g/mol. The molecule has 3 aromatic rings. The van der Waals surface area contributed by atoms with Gasteiger partial charge in [0.1, 0.15) is 6.20 Å². The lowest BCUT2D eigenvalue weighted by Gasteiger charge is -2.05. The highest BCUT2D eigenvalue weighted by molar-refractivity contribution is 5.89. The van der Waals surface area contributed by atoms with Crippen LogP contribution in [0.4, 0.5) is 0 Å². The van der Waals surface area contributed by atoms with Gasteiger partial charge in [0.2, 0.25) is 6.20 Å². The minimum absolute atomic E-state index is 0.312. The summed E-state index contributed by atoms with van der Waals surface area (Å²) >= 11 is 0. The molecule has 19 heavy (non-hydrogen) atoms. The Morgan fingerprint density at radius 3 is 2.42 bits per heavy atom. The van der Waals surface area contributed by atoms with Crippen LogP contribution in [0.5, 0.6) is 0 Å². The SMILES string of the molecule is [O-]/C(=N\[n+]1cc2ccccc2cn1)c1ccccc1. The number of fused-ring (bicyclic) bond motifs is 1. The number of hydrogen-bond acceptors (Lipinski definition) is 3. The third kappa shape index (κ3) is 2.42. The van der Waals surface area contributed by atoms with Crippen LogP contribution >= 0.6 is 0 Å². The monoisotopic (exact) mass is 249 g/mol. The Balaban J connectivity index is 2.01. The Hall–Kier alpha value is -2.75. The van der Waals surface area contributed by atoms with Crippen LogP contribution in [0.1, 0.15) is 5.56 Å². The molecule has 0 radical (unpaired) electrons. The summed E-state index contributed by atoms with van der Waals surface area (Å²) in [5.41, 5.74) is 0.546. The standard InChI is InChI=1S/C15H11N3O/c19-15(12-6-2-1-3-7-12)17-18-11-14-9-5-4-8-13(14)10-16-18/h1-11H. The zero-order valence-electron chi connectivity index (χ0n) is 10.1. The molecule has 0 amide bonds. The molecule has 1 heterocycles. The third-order valence-corrected chi connectivity index (χ3v) is 2.78. The highest BCUT2D eigenvalue weighted by Gasteiger charge is 2.03. The van der Waals surface area contributed by atoms with E-state index in [9.17, 15) is 5.11 Å². The summed E-state index contributed by atoms with van der Waals surface area (Å²) in [4.78, 5) is 1.30. The van der Waals surface area contributed by atoms with Crippen molar-refractivity contribution in [2.24, 2.45) is 5.10 Å². The molecule has 0 aliphatic rings. The van der Waals surface area contributed by atoms with Crippen molar-refractivity contribution in [3.63, 3.8) is 0 Å². The van der Waals surface area contributed by atoms with Gasteiger partial charge in [-0.05, 0) is 11.6 Å². The summed E-state index contributed by atoms with van der Waals surface area (Å²) in [7, 11) is 0. The van der Waals surface area contributed by atoms with Gasteiger partial charge in [0, 0.05) is 15.6 Å². The lowest BCUT2D eigenvalue weighted by molar-refractivity contribution is -0.738. The minimum atomic E-state index is -0.312. The van der Waals surface area contributed by atoms with Crippen molar-refractivity contribution in [1.29, 1.82) is 0 Å². The molecule has 0 saturated carbocycles. The van der Waals surface area contributed by atoms with Crippen LogP contribution < -0.4 is 9.90 Å². The fourth-order valence-corrected chi connectivity index (χ4v) is 1.81. The molecule has 0 unspecified atom stereocenters. The quantitative estimate of drug-likeness (QED) is 0.388. The number of benzene rings is 2. The number of rotatable bonds is 2. The third-order valence-electron chi connectivity index (χ3n) is 2.78. The number of hydrogen-bond donors (Lipinski definition) is 0. The molecule has 0 spiro atoms. The van der Waals surface area contributed by atoms with Crippen molar-refractivity contribution < 1.29 is 9.90 Å². The van der Waals surface area contributed by atoms with Crippen LogP contribution in [0.15, 0.2) is 72.1 Å². The smallest absolute Gasteiger partial charge is 0.241 e. The molecule has 0 N–H and O–H groups in total. The van der Waals surface area contributed by atoms with Gasteiger partial charge in [-0.15, -0.1) is 0 Å². The summed E-state index contributed by atoms with van der Waals surface area (Å²) < 4.78 is 0. The van der Waals surface area contributed by atoms with Gasteiger partial charge in [0.25, 0.3) is 0 Å². The molecular formula is C15H11N3O. The van der Waals surface area contributed by atoms with Crippen LogP contribution in [-0.4, -0.2) is 11.0 Å². The maximum absolute atomic E-state index is 11.9. The molecule has 0 bridgehead atoms. The fourth-order valence-electron chi connectivity index (χ4n) is 1.81. The first-order valence-corrected chi connectivity index (χ1v) is 5.91. The Kier molecular flexibility index (Phi) is 2.90.